The Balaban J connectivity index is 1.49. The fraction of sp³-hybridized carbons (Fsp3) is 0.588. The first-order chi connectivity index (χ1) is 11.5. The van der Waals surface area contributed by atoms with Crippen molar-refractivity contribution in [1.82, 2.24) is 10.2 Å². The van der Waals surface area contributed by atoms with Crippen molar-refractivity contribution in [1.29, 1.82) is 0 Å². The van der Waals surface area contributed by atoms with E-state index in [0.717, 1.165) is 32.2 Å². The van der Waals surface area contributed by atoms with Gasteiger partial charge in [-0.1, -0.05) is 11.6 Å². The first-order valence-electron chi connectivity index (χ1n) is 8.32. The first kappa shape index (κ1) is 17.5. The number of β-amino-alcohol motifs (C(OH)–C–C–N with tert-alkyl or cyclic N) is 1. The van der Waals surface area contributed by atoms with Crippen LogP contribution in [0.5, 0.6) is 5.75 Å². The molecule has 1 aromatic rings. The van der Waals surface area contributed by atoms with Crippen molar-refractivity contribution in [2.75, 3.05) is 19.7 Å². The molecule has 2 aliphatic rings. The fourth-order valence-corrected chi connectivity index (χ4v) is 3.70. The molecule has 0 spiro atoms. The Morgan fingerprint density at radius 2 is 2.25 bits per heavy atom. The topological polar surface area (TPSA) is 61.8 Å². The van der Waals surface area contributed by atoms with Crippen molar-refractivity contribution in [2.24, 2.45) is 0 Å². The molecule has 1 aromatic carbocycles. The molecule has 1 saturated carbocycles. The highest BCUT2D eigenvalue weighted by Gasteiger charge is 2.36. The van der Waals surface area contributed by atoms with Crippen LogP contribution in [0, 0.1) is 5.82 Å². The zero-order chi connectivity index (χ0) is 17.1. The average Bonchev–Trinajstić information content (AvgIpc) is 3.17. The molecular weight excluding hydrogens is 335 g/mol. The molecule has 1 unspecified atom stereocenters. The highest BCUT2D eigenvalue weighted by molar-refractivity contribution is 6.30. The molecular formula is C17H22ClFN2O3. The summed E-state index contributed by atoms with van der Waals surface area (Å²) in [6.45, 7) is 1.39. The smallest absolute Gasteiger partial charge is 0.258 e. The largest absolute Gasteiger partial charge is 0.484 e. The molecule has 2 N–H and O–H groups in total. The molecule has 1 aliphatic carbocycles. The number of likely N-dealkylation sites (tertiary alicyclic amines) is 1. The van der Waals surface area contributed by atoms with Gasteiger partial charge in [0, 0.05) is 31.2 Å². The van der Waals surface area contributed by atoms with Crippen LogP contribution in [-0.4, -0.2) is 53.8 Å². The predicted molar refractivity (Wildman–Crippen MR) is 88.7 cm³/mol. The van der Waals surface area contributed by atoms with E-state index in [0.29, 0.717) is 6.54 Å². The second-order valence-corrected chi connectivity index (χ2v) is 6.88. The highest BCUT2D eigenvalue weighted by Crippen LogP contribution is 2.27. The number of aliphatic hydroxyl groups is 1. The van der Waals surface area contributed by atoms with Crippen molar-refractivity contribution in [2.45, 2.75) is 43.9 Å². The summed E-state index contributed by atoms with van der Waals surface area (Å²) in [5.41, 5.74) is 0. The minimum Gasteiger partial charge on any atom is -0.484 e. The van der Waals surface area contributed by atoms with Crippen LogP contribution in [-0.2, 0) is 4.79 Å². The van der Waals surface area contributed by atoms with Crippen molar-refractivity contribution in [3.05, 3.63) is 29.0 Å². The van der Waals surface area contributed by atoms with Crippen LogP contribution in [0.25, 0.3) is 0 Å². The summed E-state index contributed by atoms with van der Waals surface area (Å²) in [7, 11) is 0. The number of nitrogens with one attached hydrogen (secondary N) is 1. The molecule has 1 aliphatic heterocycles. The molecule has 2 fully saturated rings. The number of carbonyl (C=O) groups excluding carboxylic acids is 1. The quantitative estimate of drug-likeness (QED) is 0.846. The van der Waals surface area contributed by atoms with Gasteiger partial charge < -0.3 is 15.2 Å². The van der Waals surface area contributed by atoms with E-state index in [1.165, 1.54) is 18.2 Å². The molecule has 3 rings (SSSR count). The molecule has 1 heterocycles. The minimum atomic E-state index is -0.571. The molecule has 0 aromatic heterocycles. The Bertz CT molecular complexity index is 601. The second kappa shape index (κ2) is 7.68. The third kappa shape index (κ3) is 4.18. The van der Waals surface area contributed by atoms with Gasteiger partial charge in [0.15, 0.2) is 6.61 Å². The molecule has 24 heavy (non-hydrogen) atoms. The lowest BCUT2D eigenvalue weighted by Gasteiger charge is -2.29. The van der Waals surface area contributed by atoms with Gasteiger partial charge in [-0.2, -0.15) is 0 Å². The Morgan fingerprint density at radius 3 is 2.96 bits per heavy atom. The second-order valence-electron chi connectivity index (χ2n) is 6.47. The third-order valence-corrected chi connectivity index (χ3v) is 5.06. The first-order valence-corrected chi connectivity index (χ1v) is 8.70. The van der Waals surface area contributed by atoms with Gasteiger partial charge in [-0.3, -0.25) is 9.69 Å². The average molecular weight is 357 g/mol. The van der Waals surface area contributed by atoms with E-state index in [4.69, 9.17) is 16.3 Å². The Labute approximate surface area is 145 Å². The highest BCUT2D eigenvalue weighted by atomic mass is 35.5. The SMILES string of the molecule is O=C(COc1ccc(Cl)c(F)c1)N[C@@H]1CCC[C@@H]1N1CCC(O)C1. The number of amides is 1. The lowest BCUT2D eigenvalue weighted by molar-refractivity contribution is -0.124. The molecule has 5 nitrogen and oxygen atoms in total. The van der Waals surface area contributed by atoms with E-state index in [1.54, 1.807) is 0 Å². The van der Waals surface area contributed by atoms with Crippen LogP contribution >= 0.6 is 11.6 Å². The predicted octanol–water partition coefficient (Wildman–Crippen LogP) is 1.96. The number of benzene rings is 1. The number of hydrogen-bond donors (Lipinski definition) is 2. The molecule has 1 saturated heterocycles. The Morgan fingerprint density at radius 1 is 1.42 bits per heavy atom. The molecule has 7 heteroatoms. The van der Waals surface area contributed by atoms with Crippen LogP contribution in [0.15, 0.2) is 18.2 Å². The number of nitrogens with zero attached hydrogens (tertiary/aromatic N) is 1. The molecule has 0 bridgehead atoms. The van der Waals surface area contributed by atoms with Crippen LogP contribution < -0.4 is 10.1 Å². The van der Waals surface area contributed by atoms with Gasteiger partial charge in [0.05, 0.1) is 11.1 Å². The summed E-state index contributed by atoms with van der Waals surface area (Å²) in [6, 6.07) is 4.45. The van der Waals surface area contributed by atoms with Crippen molar-refractivity contribution >= 4 is 17.5 Å². The standard InChI is InChI=1S/C17H22ClFN2O3/c18-13-5-4-12(8-14(13)19)24-10-17(23)20-15-2-1-3-16(15)21-7-6-11(22)9-21/h4-5,8,11,15-16,22H,1-3,6-7,9-10H2,(H,20,23)/t11?,15-,16+/m1/s1. The van der Waals surface area contributed by atoms with E-state index in [-0.39, 0.29) is 41.5 Å². The fourth-order valence-electron chi connectivity index (χ4n) is 3.58. The lowest BCUT2D eigenvalue weighted by Crippen LogP contribution is -2.49. The van der Waals surface area contributed by atoms with E-state index < -0.39 is 5.82 Å². The summed E-state index contributed by atoms with van der Waals surface area (Å²) in [5.74, 6) is -0.516. The number of hydrogen-bond acceptors (Lipinski definition) is 4. The number of halogens is 2. The monoisotopic (exact) mass is 356 g/mol. The number of aliphatic hydroxyl groups excluding tert-OH is 1. The Hall–Kier alpha value is -1.37. The number of carbonyl (C=O) groups is 1. The minimum absolute atomic E-state index is 0.0217. The summed E-state index contributed by atoms with van der Waals surface area (Å²) >= 11 is 5.61. The van der Waals surface area contributed by atoms with Gasteiger partial charge in [0.2, 0.25) is 0 Å². The summed E-state index contributed by atoms with van der Waals surface area (Å²) in [4.78, 5) is 14.4. The maximum atomic E-state index is 13.3. The van der Waals surface area contributed by atoms with Gasteiger partial charge in [-0.25, -0.2) is 4.39 Å². The van der Waals surface area contributed by atoms with Crippen LogP contribution in [0.4, 0.5) is 4.39 Å². The lowest BCUT2D eigenvalue weighted by atomic mass is 10.1. The maximum Gasteiger partial charge on any atom is 0.258 e. The summed E-state index contributed by atoms with van der Waals surface area (Å²) < 4.78 is 18.7. The van der Waals surface area contributed by atoms with E-state index in [2.05, 4.69) is 10.2 Å². The van der Waals surface area contributed by atoms with Crippen LogP contribution in [0.2, 0.25) is 5.02 Å². The van der Waals surface area contributed by atoms with Crippen LogP contribution in [0.1, 0.15) is 25.7 Å². The van der Waals surface area contributed by atoms with Gasteiger partial charge >= 0.3 is 0 Å². The summed E-state index contributed by atoms with van der Waals surface area (Å²) in [5, 5.41) is 12.7. The Kier molecular flexibility index (Phi) is 5.58. The summed E-state index contributed by atoms with van der Waals surface area (Å²) in [6.07, 6.45) is 3.55. The third-order valence-electron chi connectivity index (χ3n) is 4.75. The number of ether oxygens (including phenoxy) is 1. The van der Waals surface area contributed by atoms with E-state index in [1.807, 2.05) is 0 Å². The van der Waals surface area contributed by atoms with Crippen LogP contribution in [0.3, 0.4) is 0 Å². The molecule has 1 amide bonds. The van der Waals surface area contributed by atoms with Crippen molar-refractivity contribution in [3.63, 3.8) is 0 Å². The van der Waals surface area contributed by atoms with Crippen molar-refractivity contribution in [3.8, 4) is 5.75 Å². The molecule has 0 radical (unpaired) electrons. The molecule has 3 atom stereocenters. The number of rotatable bonds is 5. The van der Waals surface area contributed by atoms with Gasteiger partial charge in [0.25, 0.3) is 5.91 Å². The van der Waals surface area contributed by atoms with E-state index >= 15 is 0 Å². The van der Waals surface area contributed by atoms with Gasteiger partial charge in [0.1, 0.15) is 11.6 Å². The van der Waals surface area contributed by atoms with E-state index in [9.17, 15) is 14.3 Å². The zero-order valence-corrected chi connectivity index (χ0v) is 14.1. The molecule has 132 valence electrons. The van der Waals surface area contributed by atoms with Crippen molar-refractivity contribution < 1.29 is 19.0 Å². The zero-order valence-electron chi connectivity index (χ0n) is 13.4. The van der Waals surface area contributed by atoms with Gasteiger partial charge in [-0.15, -0.1) is 0 Å². The van der Waals surface area contributed by atoms with Gasteiger partial charge in [-0.05, 0) is 37.8 Å². The maximum absolute atomic E-state index is 13.3. The normalized spacial score (nSPS) is 27.4.